The Balaban J connectivity index is 1.74. The number of nitrogens with one attached hydrogen (secondary N) is 1. The van der Waals surface area contributed by atoms with Crippen molar-refractivity contribution in [3.8, 4) is 11.5 Å². The van der Waals surface area contributed by atoms with E-state index in [0.29, 0.717) is 28.8 Å². The van der Waals surface area contributed by atoms with Crippen LogP contribution in [0.15, 0.2) is 71.7 Å². The highest BCUT2D eigenvalue weighted by molar-refractivity contribution is 6.30. The van der Waals surface area contributed by atoms with Gasteiger partial charge < -0.3 is 9.84 Å². The Morgan fingerprint density at radius 2 is 1.67 bits per heavy atom. The molecular weight excluding hydrogens is 419 g/mol. The minimum atomic E-state index is -0.276. The first kappa shape index (κ1) is 20.7. The predicted octanol–water partition coefficient (Wildman–Crippen LogP) is 6.32. The molecule has 3 aromatic rings. The lowest BCUT2D eigenvalue weighted by Gasteiger charge is -2.31. The summed E-state index contributed by atoms with van der Waals surface area (Å²) < 4.78 is 5.58. The number of halogens is 2. The zero-order chi connectivity index (χ0) is 21.1. The molecule has 3 aromatic carbocycles. The topological polar surface area (TPSA) is 53.8 Å². The van der Waals surface area contributed by atoms with Gasteiger partial charge in [0.2, 0.25) is 0 Å². The summed E-state index contributed by atoms with van der Waals surface area (Å²) in [6.45, 7) is 2.38. The van der Waals surface area contributed by atoms with Gasteiger partial charge >= 0.3 is 0 Å². The van der Waals surface area contributed by atoms with Crippen molar-refractivity contribution in [2.45, 2.75) is 25.6 Å². The van der Waals surface area contributed by atoms with Gasteiger partial charge in [0, 0.05) is 33.8 Å². The summed E-state index contributed by atoms with van der Waals surface area (Å²) in [4.78, 5) is 4.95. The molecule has 4 rings (SSSR count). The number of para-hydroxylation sites is 1. The zero-order valence-electron chi connectivity index (χ0n) is 16.5. The van der Waals surface area contributed by atoms with Crippen LogP contribution in [0.4, 0.5) is 0 Å². The van der Waals surface area contributed by atoms with Crippen molar-refractivity contribution in [1.29, 1.82) is 0 Å². The number of hydrogen-bond acceptors (Lipinski definition) is 4. The van der Waals surface area contributed by atoms with Crippen molar-refractivity contribution in [2.24, 2.45) is 4.99 Å². The van der Waals surface area contributed by atoms with E-state index in [1.807, 2.05) is 67.6 Å². The molecule has 0 fully saturated rings. The first-order valence-corrected chi connectivity index (χ1v) is 10.6. The van der Waals surface area contributed by atoms with Gasteiger partial charge in [-0.05, 0) is 48.4 Å². The minimum Gasteiger partial charge on any atom is -0.504 e. The SMILES string of the molecule is CCOc1cccc([C@H]2CC(c3ccc(Cl)cc3)=N[C@@H](c3ccc(Cl)cc3)N2)c1O. The van der Waals surface area contributed by atoms with Crippen LogP contribution in [0.1, 0.15) is 42.2 Å². The summed E-state index contributed by atoms with van der Waals surface area (Å²) in [5.74, 6) is 0.638. The fourth-order valence-corrected chi connectivity index (χ4v) is 3.88. The smallest absolute Gasteiger partial charge is 0.162 e. The van der Waals surface area contributed by atoms with E-state index >= 15 is 0 Å². The van der Waals surface area contributed by atoms with Crippen molar-refractivity contribution >= 4 is 28.9 Å². The van der Waals surface area contributed by atoms with Crippen molar-refractivity contribution in [3.63, 3.8) is 0 Å². The highest BCUT2D eigenvalue weighted by Gasteiger charge is 2.28. The summed E-state index contributed by atoms with van der Waals surface area (Å²) in [7, 11) is 0. The van der Waals surface area contributed by atoms with Gasteiger partial charge in [-0.15, -0.1) is 0 Å². The molecule has 6 heteroatoms. The standard InChI is InChI=1S/C24H22Cl2N2O2/c1-2-30-22-5-3-4-19(23(22)29)21-14-20(15-6-10-17(25)11-7-15)27-24(28-21)16-8-12-18(26)13-9-16/h3-13,21,24,28-29H,2,14H2,1H3/t21-,24-/m1/s1. The van der Waals surface area contributed by atoms with Crippen LogP contribution >= 0.6 is 23.2 Å². The molecule has 1 aliphatic heterocycles. The van der Waals surface area contributed by atoms with Crippen LogP contribution in [0.25, 0.3) is 0 Å². The molecule has 0 bridgehead atoms. The molecule has 2 atom stereocenters. The number of nitrogens with zero attached hydrogens (tertiary/aromatic N) is 1. The summed E-state index contributed by atoms with van der Waals surface area (Å²) in [6, 6.07) is 20.7. The van der Waals surface area contributed by atoms with E-state index in [4.69, 9.17) is 32.9 Å². The van der Waals surface area contributed by atoms with E-state index in [0.717, 1.165) is 22.4 Å². The summed E-state index contributed by atoms with van der Waals surface area (Å²) >= 11 is 12.1. The Hall–Kier alpha value is -2.53. The lowest BCUT2D eigenvalue weighted by atomic mass is 9.93. The predicted molar refractivity (Wildman–Crippen MR) is 122 cm³/mol. The first-order valence-electron chi connectivity index (χ1n) is 9.84. The lowest BCUT2D eigenvalue weighted by Crippen LogP contribution is -2.33. The highest BCUT2D eigenvalue weighted by atomic mass is 35.5. The molecule has 0 amide bonds. The molecule has 0 spiro atoms. The van der Waals surface area contributed by atoms with Crippen LogP contribution in [0.2, 0.25) is 10.0 Å². The number of rotatable bonds is 5. The Kier molecular flexibility index (Phi) is 6.28. The van der Waals surface area contributed by atoms with E-state index in [-0.39, 0.29) is 18.0 Å². The fourth-order valence-electron chi connectivity index (χ4n) is 3.63. The molecule has 0 aromatic heterocycles. The number of hydrogen-bond donors (Lipinski definition) is 2. The third kappa shape index (κ3) is 4.46. The van der Waals surface area contributed by atoms with Crippen molar-refractivity contribution in [2.75, 3.05) is 6.61 Å². The number of benzene rings is 3. The van der Waals surface area contributed by atoms with Gasteiger partial charge in [-0.1, -0.05) is 59.6 Å². The van der Waals surface area contributed by atoms with Gasteiger partial charge in [-0.3, -0.25) is 10.3 Å². The van der Waals surface area contributed by atoms with Crippen LogP contribution in [0.3, 0.4) is 0 Å². The number of phenols is 1. The molecule has 0 aliphatic carbocycles. The van der Waals surface area contributed by atoms with Gasteiger partial charge in [0.25, 0.3) is 0 Å². The fraction of sp³-hybridized carbons (Fsp3) is 0.208. The molecule has 4 nitrogen and oxygen atoms in total. The maximum absolute atomic E-state index is 10.8. The van der Waals surface area contributed by atoms with E-state index in [2.05, 4.69) is 5.32 Å². The van der Waals surface area contributed by atoms with Crippen LogP contribution < -0.4 is 10.1 Å². The monoisotopic (exact) mass is 440 g/mol. The Morgan fingerprint density at radius 1 is 1.00 bits per heavy atom. The van der Waals surface area contributed by atoms with Crippen molar-refractivity contribution < 1.29 is 9.84 Å². The second kappa shape index (κ2) is 9.09. The number of ether oxygens (including phenoxy) is 1. The minimum absolute atomic E-state index is 0.144. The molecule has 2 N–H and O–H groups in total. The Morgan fingerprint density at radius 3 is 2.33 bits per heavy atom. The molecule has 0 unspecified atom stereocenters. The van der Waals surface area contributed by atoms with Crippen LogP contribution in [0.5, 0.6) is 11.5 Å². The van der Waals surface area contributed by atoms with Gasteiger partial charge in [0.15, 0.2) is 11.5 Å². The van der Waals surface area contributed by atoms with Crippen molar-refractivity contribution in [3.05, 3.63) is 93.5 Å². The number of phenolic OH excluding ortho intramolecular Hbond substituents is 1. The van der Waals surface area contributed by atoms with Gasteiger partial charge in [-0.25, -0.2) is 0 Å². The molecule has 0 saturated carbocycles. The molecule has 30 heavy (non-hydrogen) atoms. The number of aromatic hydroxyl groups is 1. The summed E-state index contributed by atoms with van der Waals surface area (Å²) in [5.41, 5.74) is 3.72. The maximum atomic E-state index is 10.8. The third-order valence-corrected chi connectivity index (χ3v) is 5.61. The van der Waals surface area contributed by atoms with Crippen LogP contribution in [-0.4, -0.2) is 17.4 Å². The number of aliphatic imine (C=N–C) groups is 1. The zero-order valence-corrected chi connectivity index (χ0v) is 18.0. The highest BCUT2D eigenvalue weighted by Crippen LogP contribution is 2.39. The molecule has 0 saturated heterocycles. The molecule has 1 aliphatic rings. The van der Waals surface area contributed by atoms with Crippen LogP contribution in [-0.2, 0) is 0 Å². The first-order chi connectivity index (χ1) is 14.5. The molecule has 1 heterocycles. The normalized spacial score (nSPS) is 18.7. The molecular formula is C24H22Cl2N2O2. The largest absolute Gasteiger partial charge is 0.504 e. The van der Waals surface area contributed by atoms with E-state index < -0.39 is 0 Å². The maximum Gasteiger partial charge on any atom is 0.162 e. The quantitative estimate of drug-likeness (QED) is 0.487. The summed E-state index contributed by atoms with van der Waals surface area (Å²) in [6.07, 6.45) is 0.344. The van der Waals surface area contributed by atoms with Gasteiger partial charge in [0.1, 0.15) is 6.17 Å². The average Bonchev–Trinajstić information content (AvgIpc) is 2.76. The third-order valence-electron chi connectivity index (χ3n) is 5.11. The van der Waals surface area contributed by atoms with E-state index in [9.17, 15) is 5.11 Å². The van der Waals surface area contributed by atoms with Crippen LogP contribution in [0, 0.1) is 0 Å². The van der Waals surface area contributed by atoms with E-state index in [1.54, 1.807) is 6.07 Å². The summed E-state index contributed by atoms with van der Waals surface area (Å²) in [5, 5.41) is 15.7. The van der Waals surface area contributed by atoms with Crippen molar-refractivity contribution in [1.82, 2.24) is 5.32 Å². The van der Waals surface area contributed by atoms with E-state index in [1.165, 1.54) is 0 Å². The van der Waals surface area contributed by atoms with Gasteiger partial charge in [-0.2, -0.15) is 0 Å². The Labute approximate surface area is 186 Å². The average molecular weight is 441 g/mol. The molecule has 0 radical (unpaired) electrons. The second-order valence-electron chi connectivity index (χ2n) is 7.09. The molecule has 154 valence electrons. The van der Waals surface area contributed by atoms with Gasteiger partial charge in [0.05, 0.1) is 6.61 Å². The second-order valence-corrected chi connectivity index (χ2v) is 7.96. The Bertz CT molecular complexity index is 1050. The lowest BCUT2D eigenvalue weighted by molar-refractivity contribution is 0.313.